The average molecular weight is 212 g/mol. The zero-order chi connectivity index (χ0) is 10.8. The van der Waals surface area contributed by atoms with Gasteiger partial charge in [-0.1, -0.05) is 0 Å². The molecule has 1 amide bonds. The molecule has 2 fully saturated rings. The number of aliphatic hydroxyl groups excluding tert-OH is 1. The van der Waals surface area contributed by atoms with Crippen molar-refractivity contribution < 1.29 is 9.90 Å². The third-order valence-electron chi connectivity index (χ3n) is 3.45. The average Bonchev–Trinajstić information content (AvgIpc) is 2.64. The lowest BCUT2D eigenvalue weighted by Crippen LogP contribution is -2.45. The van der Waals surface area contributed by atoms with Crippen LogP contribution < -0.4 is 0 Å². The van der Waals surface area contributed by atoms with Crippen LogP contribution in [0.3, 0.4) is 0 Å². The number of rotatable bonds is 1. The molecule has 0 saturated carbocycles. The van der Waals surface area contributed by atoms with Crippen molar-refractivity contribution in [3.8, 4) is 0 Å². The summed E-state index contributed by atoms with van der Waals surface area (Å²) in [4.78, 5) is 16.1. The summed E-state index contributed by atoms with van der Waals surface area (Å²) in [7, 11) is 2.05. The smallest absolute Gasteiger partial charge is 0.227 e. The molecular weight excluding hydrogens is 192 g/mol. The van der Waals surface area contributed by atoms with E-state index in [1.165, 1.54) is 0 Å². The molecule has 0 aliphatic carbocycles. The van der Waals surface area contributed by atoms with Crippen molar-refractivity contribution in [1.82, 2.24) is 9.80 Å². The summed E-state index contributed by atoms with van der Waals surface area (Å²) in [6.07, 6.45) is 2.45. The van der Waals surface area contributed by atoms with Crippen molar-refractivity contribution in [2.45, 2.75) is 25.4 Å². The minimum absolute atomic E-state index is 0.167. The van der Waals surface area contributed by atoms with Crippen molar-refractivity contribution in [3.05, 3.63) is 0 Å². The number of hydrogen-bond acceptors (Lipinski definition) is 3. The second-order valence-electron chi connectivity index (χ2n) is 4.83. The number of carbonyl (C=O) groups is 1. The molecule has 0 bridgehead atoms. The first-order chi connectivity index (χ1) is 7.16. The summed E-state index contributed by atoms with van der Waals surface area (Å²) >= 11 is 0. The standard InChI is InChI=1S/C11H20N2O2/c1-12-6-4-9(7-12)11(15)13-5-2-3-10(14)8-13/h9-10,14H,2-8H2,1H3. The van der Waals surface area contributed by atoms with Crippen LogP contribution in [0.4, 0.5) is 0 Å². The highest BCUT2D eigenvalue weighted by Crippen LogP contribution is 2.19. The topological polar surface area (TPSA) is 43.8 Å². The fourth-order valence-electron chi connectivity index (χ4n) is 2.55. The normalized spacial score (nSPS) is 33.3. The number of piperidine rings is 1. The monoisotopic (exact) mass is 212 g/mol. The molecule has 2 atom stereocenters. The van der Waals surface area contributed by atoms with Gasteiger partial charge in [0.1, 0.15) is 0 Å². The van der Waals surface area contributed by atoms with Gasteiger partial charge in [0.25, 0.3) is 0 Å². The summed E-state index contributed by atoms with van der Waals surface area (Å²) in [5.74, 6) is 0.415. The van der Waals surface area contributed by atoms with Crippen LogP contribution in [0.5, 0.6) is 0 Å². The van der Waals surface area contributed by atoms with E-state index in [9.17, 15) is 9.90 Å². The van der Waals surface area contributed by atoms with E-state index in [0.717, 1.165) is 38.9 Å². The van der Waals surface area contributed by atoms with Gasteiger partial charge in [-0.05, 0) is 32.9 Å². The van der Waals surface area contributed by atoms with Gasteiger partial charge in [0.15, 0.2) is 0 Å². The number of aliphatic hydroxyl groups is 1. The molecule has 2 saturated heterocycles. The van der Waals surface area contributed by atoms with Crippen LogP contribution in [0.1, 0.15) is 19.3 Å². The van der Waals surface area contributed by atoms with E-state index in [2.05, 4.69) is 11.9 Å². The molecule has 0 spiro atoms. The molecular formula is C11H20N2O2. The van der Waals surface area contributed by atoms with E-state index in [0.29, 0.717) is 6.54 Å². The molecule has 2 aliphatic rings. The Kier molecular flexibility index (Phi) is 3.26. The van der Waals surface area contributed by atoms with E-state index in [-0.39, 0.29) is 17.9 Å². The second-order valence-corrected chi connectivity index (χ2v) is 4.83. The molecule has 0 aromatic heterocycles. The quantitative estimate of drug-likeness (QED) is 0.661. The Morgan fingerprint density at radius 2 is 2.07 bits per heavy atom. The van der Waals surface area contributed by atoms with Gasteiger partial charge in [0, 0.05) is 19.6 Å². The third-order valence-corrected chi connectivity index (χ3v) is 3.45. The van der Waals surface area contributed by atoms with Crippen molar-refractivity contribution in [2.24, 2.45) is 5.92 Å². The van der Waals surface area contributed by atoms with Gasteiger partial charge in [0.2, 0.25) is 5.91 Å². The maximum Gasteiger partial charge on any atom is 0.227 e. The number of nitrogens with zero attached hydrogens (tertiary/aromatic N) is 2. The van der Waals surface area contributed by atoms with Crippen LogP contribution >= 0.6 is 0 Å². The first kappa shape index (κ1) is 10.9. The lowest BCUT2D eigenvalue weighted by molar-refractivity contribution is -0.138. The van der Waals surface area contributed by atoms with Crippen molar-refractivity contribution >= 4 is 5.91 Å². The molecule has 15 heavy (non-hydrogen) atoms. The van der Waals surface area contributed by atoms with Crippen molar-refractivity contribution in [3.63, 3.8) is 0 Å². The Morgan fingerprint density at radius 3 is 2.67 bits per heavy atom. The highest BCUT2D eigenvalue weighted by atomic mass is 16.3. The van der Waals surface area contributed by atoms with Gasteiger partial charge in [-0.25, -0.2) is 0 Å². The predicted molar refractivity (Wildman–Crippen MR) is 57.4 cm³/mol. The van der Waals surface area contributed by atoms with Crippen LogP contribution in [-0.4, -0.2) is 60.1 Å². The molecule has 2 rings (SSSR count). The van der Waals surface area contributed by atoms with E-state index in [1.807, 2.05) is 4.90 Å². The van der Waals surface area contributed by atoms with Crippen molar-refractivity contribution in [1.29, 1.82) is 0 Å². The Labute approximate surface area is 90.9 Å². The SMILES string of the molecule is CN1CCC(C(=O)N2CCCC(O)C2)C1. The summed E-state index contributed by atoms with van der Waals surface area (Å²) in [5, 5.41) is 9.52. The van der Waals surface area contributed by atoms with E-state index >= 15 is 0 Å². The fraction of sp³-hybridized carbons (Fsp3) is 0.909. The molecule has 2 aliphatic heterocycles. The van der Waals surface area contributed by atoms with Crippen LogP contribution in [0.15, 0.2) is 0 Å². The summed E-state index contributed by atoms with van der Waals surface area (Å²) in [6.45, 7) is 3.27. The largest absolute Gasteiger partial charge is 0.391 e. The summed E-state index contributed by atoms with van der Waals surface area (Å²) in [5.41, 5.74) is 0. The number of likely N-dealkylation sites (tertiary alicyclic amines) is 2. The summed E-state index contributed by atoms with van der Waals surface area (Å²) in [6, 6.07) is 0. The Hall–Kier alpha value is -0.610. The highest BCUT2D eigenvalue weighted by Gasteiger charge is 2.31. The number of hydrogen-bond donors (Lipinski definition) is 1. The Morgan fingerprint density at radius 1 is 1.27 bits per heavy atom. The number of amides is 1. The maximum atomic E-state index is 12.1. The molecule has 2 heterocycles. The van der Waals surface area contributed by atoms with Crippen LogP contribution in [0.2, 0.25) is 0 Å². The molecule has 0 radical (unpaired) electrons. The fourth-order valence-corrected chi connectivity index (χ4v) is 2.55. The number of carbonyl (C=O) groups excluding carboxylic acids is 1. The zero-order valence-corrected chi connectivity index (χ0v) is 9.35. The lowest BCUT2D eigenvalue weighted by atomic mass is 10.0. The molecule has 4 nitrogen and oxygen atoms in total. The van der Waals surface area contributed by atoms with Gasteiger partial charge in [-0.15, -0.1) is 0 Å². The first-order valence-electron chi connectivity index (χ1n) is 5.82. The molecule has 0 aromatic carbocycles. The molecule has 0 aromatic rings. The Balaban J connectivity index is 1.89. The van der Waals surface area contributed by atoms with E-state index in [1.54, 1.807) is 0 Å². The maximum absolute atomic E-state index is 12.1. The van der Waals surface area contributed by atoms with Gasteiger partial charge in [0.05, 0.1) is 12.0 Å². The minimum Gasteiger partial charge on any atom is -0.391 e. The van der Waals surface area contributed by atoms with Gasteiger partial charge >= 0.3 is 0 Å². The third kappa shape index (κ3) is 2.49. The van der Waals surface area contributed by atoms with E-state index < -0.39 is 0 Å². The second kappa shape index (κ2) is 4.49. The molecule has 2 unspecified atom stereocenters. The van der Waals surface area contributed by atoms with Crippen LogP contribution in [-0.2, 0) is 4.79 Å². The lowest BCUT2D eigenvalue weighted by Gasteiger charge is -2.32. The highest BCUT2D eigenvalue weighted by molar-refractivity contribution is 5.79. The number of β-amino-alcohol motifs (C(OH)–C–C–N with tert-alkyl or cyclic N) is 1. The van der Waals surface area contributed by atoms with Gasteiger partial charge in [-0.3, -0.25) is 4.79 Å². The predicted octanol–water partition coefficient (Wildman–Crippen LogP) is -0.0786. The van der Waals surface area contributed by atoms with Gasteiger partial charge < -0.3 is 14.9 Å². The van der Waals surface area contributed by atoms with Crippen molar-refractivity contribution in [2.75, 3.05) is 33.2 Å². The minimum atomic E-state index is -0.304. The zero-order valence-electron chi connectivity index (χ0n) is 9.35. The first-order valence-corrected chi connectivity index (χ1v) is 5.82. The van der Waals surface area contributed by atoms with Gasteiger partial charge in [-0.2, -0.15) is 0 Å². The molecule has 86 valence electrons. The molecule has 4 heteroatoms. The van der Waals surface area contributed by atoms with E-state index in [4.69, 9.17) is 0 Å². The van der Waals surface area contributed by atoms with Crippen LogP contribution in [0.25, 0.3) is 0 Å². The Bertz CT molecular complexity index is 245. The molecule has 1 N–H and O–H groups in total. The summed E-state index contributed by atoms with van der Waals surface area (Å²) < 4.78 is 0. The van der Waals surface area contributed by atoms with Crippen LogP contribution in [0, 0.1) is 5.92 Å².